The van der Waals surface area contributed by atoms with Crippen LogP contribution in [0.3, 0.4) is 0 Å². The van der Waals surface area contributed by atoms with Crippen molar-refractivity contribution in [1.82, 2.24) is 0 Å². The fourth-order valence-corrected chi connectivity index (χ4v) is 2.47. The summed E-state index contributed by atoms with van der Waals surface area (Å²) in [5, 5.41) is 5.53. The molecule has 0 bridgehead atoms. The zero-order valence-electron chi connectivity index (χ0n) is 13.6. The molecule has 0 atom stereocenters. The molecular formula is C20H15BrN2O3. The fourth-order valence-electron chi connectivity index (χ4n) is 2.20. The molecule has 3 aromatic rings. The molecular weight excluding hydrogens is 396 g/mol. The van der Waals surface area contributed by atoms with Crippen LogP contribution in [0.5, 0.6) is 0 Å². The molecule has 2 amide bonds. The van der Waals surface area contributed by atoms with Crippen molar-refractivity contribution in [2.75, 3.05) is 10.6 Å². The van der Waals surface area contributed by atoms with Crippen LogP contribution in [-0.4, -0.2) is 11.8 Å². The lowest BCUT2D eigenvalue weighted by molar-refractivity contribution is -0.111. The molecule has 0 fully saturated rings. The van der Waals surface area contributed by atoms with Gasteiger partial charge in [0.1, 0.15) is 5.76 Å². The molecule has 0 saturated carbocycles. The van der Waals surface area contributed by atoms with E-state index in [1.54, 1.807) is 54.6 Å². The summed E-state index contributed by atoms with van der Waals surface area (Å²) in [6, 6.07) is 17.5. The highest BCUT2D eigenvalue weighted by atomic mass is 79.9. The maximum atomic E-state index is 12.4. The molecule has 2 N–H and O–H groups in total. The summed E-state index contributed by atoms with van der Waals surface area (Å²) in [5.74, 6) is 0.0178. The second kappa shape index (κ2) is 8.31. The summed E-state index contributed by atoms with van der Waals surface area (Å²) < 4.78 is 6.06. The van der Waals surface area contributed by atoms with Crippen molar-refractivity contribution in [2.24, 2.45) is 0 Å². The van der Waals surface area contributed by atoms with Gasteiger partial charge >= 0.3 is 0 Å². The van der Waals surface area contributed by atoms with E-state index in [0.717, 1.165) is 4.47 Å². The Hall–Kier alpha value is -3.12. The first-order valence-corrected chi connectivity index (χ1v) is 8.59. The highest BCUT2D eigenvalue weighted by Gasteiger charge is 2.08. The summed E-state index contributed by atoms with van der Waals surface area (Å²) in [5.41, 5.74) is 1.66. The average Bonchev–Trinajstić information content (AvgIpc) is 3.16. The highest BCUT2D eigenvalue weighted by Crippen LogP contribution is 2.16. The maximum absolute atomic E-state index is 12.4. The zero-order valence-corrected chi connectivity index (χ0v) is 15.2. The topological polar surface area (TPSA) is 71.3 Å². The van der Waals surface area contributed by atoms with Crippen molar-refractivity contribution < 1.29 is 14.0 Å². The number of carbonyl (C=O) groups excluding carboxylic acids is 2. The van der Waals surface area contributed by atoms with Gasteiger partial charge in [0.05, 0.1) is 6.26 Å². The molecule has 1 aromatic heterocycles. The minimum absolute atomic E-state index is 0.255. The van der Waals surface area contributed by atoms with Crippen LogP contribution in [0.15, 0.2) is 81.9 Å². The summed E-state index contributed by atoms with van der Waals surface area (Å²) in [6.07, 6.45) is 4.47. The minimum Gasteiger partial charge on any atom is -0.465 e. The van der Waals surface area contributed by atoms with E-state index < -0.39 is 0 Å². The lowest BCUT2D eigenvalue weighted by Gasteiger charge is -2.07. The Labute approximate surface area is 158 Å². The molecule has 6 heteroatoms. The Kier molecular flexibility index (Phi) is 5.66. The Balaban J connectivity index is 1.64. The van der Waals surface area contributed by atoms with Crippen LogP contribution >= 0.6 is 15.9 Å². The molecule has 0 aliphatic carbocycles. The predicted octanol–water partition coefficient (Wildman–Crippen LogP) is 4.95. The van der Waals surface area contributed by atoms with E-state index in [9.17, 15) is 9.59 Å². The monoisotopic (exact) mass is 410 g/mol. The van der Waals surface area contributed by atoms with Crippen LogP contribution in [-0.2, 0) is 4.79 Å². The number of nitrogens with one attached hydrogen (secondary N) is 2. The highest BCUT2D eigenvalue weighted by molar-refractivity contribution is 9.10. The number of anilines is 2. The zero-order chi connectivity index (χ0) is 18.4. The van der Waals surface area contributed by atoms with Crippen molar-refractivity contribution in [3.63, 3.8) is 0 Å². The summed E-state index contributed by atoms with van der Waals surface area (Å²) >= 11 is 3.35. The lowest BCUT2D eigenvalue weighted by atomic mass is 10.1. The van der Waals surface area contributed by atoms with Gasteiger partial charge in [-0.3, -0.25) is 9.59 Å². The largest absolute Gasteiger partial charge is 0.465 e. The van der Waals surface area contributed by atoms with Gasteiger partial charge in [0, 0.05) is 27.5 Å². The Morgan fingerprint density at radius 3 is 2.46 bits per heavy atom. The predicted molar refractivity (Wildman–Crippen MR) is 105 cm³/mol. The molecule has 2 aromatic carbocycles. The second-order valence-corrected chi connectivity index (χ2v) is 6.30. The molecule has 26 heavy (non-hydrogen) atoms. The molecule has 130 valence electrons. The van der Waals surface area contributed by atoms with Crippen LogP contribution in [0, 0.1) is 0 Å². The van der Waals surface area contributed by atoms with Crippen LogP contribution < -0.4 is 10.6 Å². The van der Waals surface area contributed by atoms with Gasteiger partial charge in [-0.25, -0.2) is 0 Å². The van der Waals surface area contributed by atoms with Crippen LogP contribution in [0.1, 0.15) is 16.1 Å². The van der Waals surface area contributed by atoms with Crippen molar-refractivity contribution in [2.45, 2.75) is 0 Å². The van der Waals surface area contributed by atoms with Gasteiger partial charge in [-0.2, -0.15) is 0 Å². The van der Waals surface area contributed by atoms with Crippen molar-refractivity contribution in [3.8, 4) is 0 Å². The van der Waals surface area contributed by atoms with Crippen molar-refractivity contribution in [1.29, 1.82) is 0 Å². The molecule has 3 rings (SSSR count). The van der Waals surface area contributed by atoms with E-state index in [2.05, 4.69) is 26.6 Å². The number of benzene rings is 2. The molecule has 0 radical (unpaired) electrons. The molecule has 1 heterocycles. The minimum atomic E-state index is -0.313. The van der Waals surface area contributed by atoms with E-state index in [-0.39, 0.29) is 11.8 Å². The molecule has 5 nitrogen and oxygen atoms in total. The first kappa shape index (κ1) is 17.7. The van der Waals surface area contributed by atoms with Gasteiger partial charge in [0.25, 0.3) is 5.91 Å². The molecule has 0 spiro atoms. The van der Waals surface area contributed by atoms with Crippen LogP contribution in [0.2, 0.25) is 0 Å². The molecule has 0 saturated heterocycles. The van der Waals surface area contributed by atoms with E-state index >= 15 is 0 Å². The first-order chi connectivity index (χ1) is 12.6. The molecule has 0 unspecified atom stereocenters. The SMILES string of the molecule is O=C(/C=C/c1ccco1)Nc1cccc(C(=O)Nc2ccc(Br)cc2)c1. The number of halogens is 1. The number of carbonyl (C=O) groups is 2. The Morgan fingerprint density at radius 2 is 1.73 bits per heavy atom. The number of hydrogen-bond acceptors (Lipinski definition) is 3. The molecule has 0 aliphatic rings. The summed E-state index contributed by atoms with van der Waals surface area (Å²) in [6.45, 7) is 0. The first-order valence-electron chi connectivity index (χ1n) is 7.80. The molecule has 0 aliphatic heterocycles. The summed E-state index contributed by atoms with van der Waals surface area (Å²) in [4.78, 5) is 24.3. The smallest absolute Gasteiger partial charge is 0.255 e. The fraction of sp³-hybridized carbons (Fsp3) is 0. The summed E-state index contributed by atoms with van der Waals surface area (Å²) in [7, 11) is 0. The average molecular weight is 411 g/mol. The van der Waals surface area contributed by atoms with Crippen molar-refractivity contribution >= 4 is 45.2 Å². The van der Waals surface area contributed by atoms with Crippen LogP contribution in [0.4, 0.5) is 11.4 Å². The van der Waals surface area contributed by atoms with Gasteiger partial charge in [-0.15, -0.1) is 0 Å². The normalized spacial score (nSPS) is 10.7. The quantitative estimate of drug-likeness (QED) is 0.584. The van der Waals surface area contributed by atoms with Gasteiger partial charge in [-0.1, -0.05) is 22.0 Å². The van der Waals surface area contributed by atoms with E-state index in [1.807, 2.05) is 12.1 Å². The number of amides is 2. The van der Waals surface area contributed by atoms with Gasteiger partial charge in [0.2, 0.25) is 5.91 Å². The maximum Gasteiger partial charge on any atom is 0.255 e. The lowest BCUT2D eigenvalue weighted by Crippen LogP contribution is -2.13. The number of rotatable bonds is 5. The van der Waals surface area contributed by atoms with E-state index in [1.165, 1.54) is 12.3 Å². The van der Waals surface area contributed by atoms with Crippen LogP contribution in [0.25, 0.3) is 6.08 Å². The standard InChI is InChI=1S/C20H15BrN2O3/c21-15-6-8-16(9-7-15)23-20(25)14-3-1-4-17(13-14)22-19(24)11-10-18-5-2-12-26-18/h1-13H,(H,22,24)(H,23,25)/b11-10+. The third kappa shape index (κ3) is 4.94. The van der Waals surface area contributed by atoms with Gasteiger partial charge in [-0.05, 0) is 60.7 Å². The van der Waals surface area contributed by atoms with Crippen molar-refractivity contribution in [3.05, 3.63) is 88.8 Å². The van der Waals surface area contributed by atoms with E-state index in [0.29, 0.717) is 22.7 Å². The number of hydrogen-bond donors (Lipinski definition) is 2. The third-order valence-electron chi connectivity index (χ3n) is 3.44. The Bertz CT molecular complexity index is 932. The van der Waals surface area contributed by atoms with Gasteiger partial charge in [0.15, 0.2) is 0 Å². The van der Waals surface area contributed by atoms with Gasteiger partial charge < -0.3 is 15.1 Å². The number of furan rings is 1. The second-order valence-electron chi connectivity index (χ2n) is 5.38. The van der Waals surface area contributed by atoms with E-state index in [4.69, 9.17) is 4.42 Å². The third-order valence-corrected chi connectivity index (χ3v) is 3.97. The Morgan fingerprint density at radius 1 is 0.923 bits per heavy atom.